The van der Waals surface area contributed by atoms with Crippen molar-refractivity contribution < 1.29 is 19.1 Å². The van der Waals surface area contributed by atoms with Crippen LogP contribution in [0, 0.1) is 0 Å². The summed E-state index contributed by atoms with van der Waals surface area (Å²) in [6.07, 6.45) is 0.0914. The number of carbonyl (C=O) groups excluding carboxylic acids is 3. The lowest BCUT2D eigenvalue weighted by Gasteiger charge is -2.37. The summed E-state index contributed by atoms with van der Waals surface area (Å²) >= 11 is 2.98. The summed E-state index contributed by atoms with van der Waals surface area (Å²) < 4.78 is 5.27. The number of amides is 2. The molecule has 2 aliphatic rings. The highest BCUT2D eigenvalue weighted by atomic mass is 32.2. The van der Waals surface area contributed by atoms with E-state index in [0.717, 1.165) is 27.7 Å². The largest absolute Gasteiger partial charge is 0.455 e. The summed E-state index contributed by atoms with van der Waals surface area (Å²) in [4.78, 5) is 41.3. The number of fused-ring (bicyclic) bond motifs is 1. The van der Waals surface area contributed by atoms with Gasteiger partial charge in [0.2, 0.25) is 0 Å². The second-order valence-corrected chi connectivity index (χ2v) is 9.09. The van der Waals surface area contributed by atoms with Crippen molar-refractivity contribution in [3.63, 3.8) is 0 Å². The molecule has 2 amide bonds. The lowest BCUT2D eigenvalue weighted by Crippen LogP contribution is -2.41. The Labute approximate surface area is 183 Å². The van der Waals surface area contributed by atoms with Crippen LogP contribution in [0.4, 0.5) is 10.5 Å². The molecule has 0 radical (unpaired) electrons. The molecule has 0 bridgehead atoms. The first-order valence-corrected chi connectivity index (χ1v) is 11.8. The predicted molar refractivity (Wildman–Crippen MR) is 119 cm³/mol. The summed E-state index contributed by atoms with van der Waals surface area (Å²) in [5, 5.41) is -0.00740. The van der Waals surface area contributed by atoms with E-state index in [-0.39, 0.29) is 30.2 Å². The van der Waals surface area contributed by atoms with E-state index in [2.05, 4.69) is 0 Å². The maximum absolute atomic E-state index is 13.1. The number of ether oxygens (including phenoxy) is 1. The third kappa shape index (κ3) is 4.65. The Morgan fingerprint density at radius 2 is 1.80 bits per heavy atom. The zero-order chi connectivity index (χ0) is 20.9. The van der Waals surface area contributed by atoms with Crippen LogP contribution in [-0.2, 0) is 14.3 Å². The van der Waals surface area contributed by atoms with Gasteiger partial charge in [-0.15, -0.1) is 11.8 Å². The molecule has 2 aromatic carbocycles. The number of hydrogen-bond donors (Lipinski definition) is 0. The number of anilines is 1. The molecule has 0 spiro atoms. The molecular formula is C22H22N2O4S2. The third-order valence-electron chi connectivity index (χ3n) is 5.07. The Hall–Kier alpha value is -2.45. The summed E-state index contributed by atoms with van der Waals surface area (Å²) in [7, 11) is 0. The summed E-state index contributed by atoms with van der Waals surface area (Å²) in [6, 6.07) is 17.5. The number of benzene rings is 2. The number of esters is 1. The van der Waals surface area contributed by atoms with Gasteiger partial charge in [-0.2, -0.15) is 0 Å². The lowest BCUT2D eigenvalue weighted by atomic mass is 10.1. The van der Waals surface area contributed by atoms with Crippen molar-refractivity contribution in [1.82, 2.24) is 4.90 Å². The fraction of sp³-hybridized carbons (Fsp3) is 0.318. The van der Waals surface area contributed by atoms with Gasteiger partial charge in [-0.05, 0) is 17.7 Å². The minimum absolute atomic E-state index is 0.00740. The number of thioether (sulfide) groups is 2. The summed E-state index contributed by atoms with van der Waals surface area (Å²) in [5.74, 6) is 0.761. The molecule has 2 heterocycles. The van der Waals surface area contributed by atoms with Gasteiger partial charge in [0.15, 0.2) is 6.61 Å². The molecule has 1 saturated heterocycles. The second kappa shape index (κ2) is 9.57. The lowest BCUT2D eigenvalue weighted by molar-refractivity contribution is -0.148. The van der Waals surface area contributed by atoms with Crippen LogP contribution in [0.3, 0.4) is 0 Å². The molecule has 2 aromatic rings. The van der Waals surface area contributed by atoms with E-state index in [1.165, 1.54) is 11.8 Å². The van der Waals surface area contributed by atoms with Gasteiger partial charge in [0, 0.05) is 29.5 Å². The van der Waals surface area contributed by atoms with Crippen LogP contribution in [-0.4, -0.2) is 53.2 Å². The molecule has 8 heteroatoms. The average molecular weight is 443 g/mol. The normalized spacial score (nSPS) is 18.3. The Bertz CT molecular complexity index is 938. The SMILES string of the molecule is O=C(CCN1CCSC1=O)OCC(=O)N1c2ccccc2SCC1c1ccccc1. The van der Waals surface area contributed by atoms with Gasteiger partial charge in [0.25, 0.3) is 11.1 Å². The van der Waals surface area contributed by atoms with Crippen molar-refractivity contribution in [1.29, 1.82) is 0 Å². The zero-order valence-electron chi connectivity index (χ0n) is 16.4. The summed E-state index contributed by atoms with van der Waals surface area (Å²) in [6.45, 7) is 0.662. The molecule has 6 nitrogen and oxygen atoms in total. The number of nitrogens with zero attached hydrogens (tertiary/aromatic N) is 2. The van der Waals surface area contributed by atoms with Gasteiger partial charge in [-0.25, -0.2) is 0 Å². The monoisotopic (exact) mass is 442 g/mol. The minimum atomic E-state index is -0.469. The molecule has 1 unspecified atom stereocenters. The van der Waals surface area contributed by atoms with Crippen LogP contribution in [0.5, 0.6) is 0 Å². The number of hydrogen-bond acceptors (Lipinski definition) is 6. The Morgan fingerprint density at radius 1 is 1.03 bits per heavy atom. The quantitative estimate of drug-likeness (QED) is 0.631. The van der Waals surface area contributed by atoms with Gasteiger partial charge >= 0.3 is 5.97 Å². The van der Waals surface area contributed by atoms with Gasteiger partial charge in [-0.3, -0.25) is 19.3 Å². The van der Waals surface area contributed by atoms with Crippen molar-refractivity contribution in [3.05, 3.63) is 60.2 Å². The van der Waals surface area contributed by atoms with E-state index < -0.39 is 5.97 Å². The molecule has 0 N–H and O–H groups in total. The smallest absolute Gasteiger partial charge is 0.308 e. The minimum Gasteiger partial charge on any atom is -0.455 e. The number of carbonyl (C=O) groups is 3. The van der Waals surface area contributed by atoms with E-state index in [0.29, 0.717) is 13.1 Å². The van der Waals surface area contributed by atoms with E-state index in [9.17, 15) is 14.4 Å². The van der Waals surface area contributed by atoms with Crippen molar-refractivity contribution in [2.24, 2.45) is 0 Å². The van der Waals surface area contributed by atoms with Gasteiger partial charge in [0.1, 0.15) is 0 Å². The molecule has 0 saturated carbocycles. The van der Waals surface area contributed by atoms with Crippen molar-refractivity contribution in [2.45, 2.75) is 17.4 Å². The Morgan fingerprint density at radius 3 is 2.57 bits per heavy atom. The standard InChI is InChI=1S/C22H22N2O4S2/c25-20(14-28-21(26)10-11-23-12-13-29-22(23)27)24-17-8-4-5-9-19(17)30-15-18(24)16-6-2-1-3-7-16/h1-9,18H,10-15H2. The van der Waals surface area contributed by atoms with E-state index in [4.69, 9.17) is 4.74 Å². The molecule has 0 aliphatic carbocycles. The highest BCUT2D eigenvalue weighted by molar-refractivity contribution is 8.13. The second-order valence-electron chi connectivity index (χ2n) is 6.98. The Balaban J connectivity index is 1.43. The topological polar surface area (TPSA) is 66.9 Å². The maximum atomic E-state index is 13.1. The highest BCUT2D eigenvalue weighted by Gasteiger charge is 2.33. The zero-order valence-corrected chi connectivity index (χ0v) is 18.0. The molecule has 1 atom stereocenters. The first kappa shape index (κ1) is 20.8. The van der Waals surface area contributed by atoms with E-state index in [1.54, 1.807) is 21.6 Å². The van der Waals surface area contributed by atoms with Crippen LogP contribution in [0.15, 0.2) is 59.5 Å². The first-order valence-electron chi connectivity index (χ1n) is 9.79. The molecule has 1 fully saturated rings. The third-order valence-corrected chi connectivity index (χ3v) is 7.10. The summed E-state index contributed by atoms with van der Waals surface area (Å²) in [5.41, 5.74) is 1.88. The molecule has 30 heavy (non-hydrogen) atoms. The maximum Gasteiger partial charge on any atom is 0.308 e. The molecule has 4 rings (SSSR count). The first-order chi connectivity index (χ1) is 14.6. The fourth-order valence-electron chi connectivity index (χ4n) is 3.56. The van der Waals surface area contributed by atoms with Gasteiger partial charge in [-0.1, -0.05) is 54.2 Å². The molecule has 0 aromatic heterocycles. The number of rotatable bonds is 6. The van der Waals surface area contributed by atoms with Crippen LogP contribution in [0.25, 0.3) is 0 Å². The van der Waals surface area contributed by atoms with Crippen LogP contribution in [0.2, 0.25) is 0 Å². The van der Waals surface area contributed by atoms with Crippen molar-refractivity contribution in [2.75, 3.05) is 36.1 Å². The van der Waals surface area contributed by atoms with Crippen LogP contribution >= 0.6 is 23.5 Å². The average Bonchev–Trinajstić information content (AvgIpc) is 3.20. The molecule has 2 aliphatic heterocycles. The Kier molecular flexibility index (Phi) is 6.64. The van der Waals surface area contributed by atoms with E-state index in [1.807, 2.05) is 54.6 Å². The van der Waals surface area contributed by atoms with Crippen LogP contribution < -0.4 is 4.90 Å². The van der Waals surface area contributed by atoms with Gasteiger partial charge < -0.3 is 9.64 Å². The highest BCUT2D eigenvalue weighted by Crippen LogP contribution is 2.43. The van der Waals surface area contributed by atoms with E-state index >= 15 is 0 Å². The number of para-hydroxylation sites is 1. The van der Waals surface area contributed by atoms with Crippen molar-refractivity contribution >= 4 is 46.3 Å². The fourth-order valence-corrected chi connectivity index (χ4v) is 5.58. The molecule has 156 valence electrons. The molecular weight excluding hydrogens is 420 g/mol. The predicted octanol–water partition coefficient (Wildman–Crippen LogP) is 3.97. The van der Waals surface area contributed by atoms with Gasteiger partial charge in [0.05, 0.1) is 18.2 Å². The van der Waals surface area contributed by atoms with Crippen LogP contribution in [0.1, 0.15) is 18.0 Å². The van der Waals surface area contributed by atoms with Crippen molar-refractivity contribution in [3.8, 4) is 0 Å².